The molecule has 0 aliphatic carbocycles. The molecule has 3 rings (SSSR count). The molecular weight excluding hydrogens is 436 g/mol. The fourth-order valence-corrected chi connectivity index (χ4v) is 3.36. The molecule has 0 atom stereocenters. The van der Waals surface area contributed by atoms with Crippen molar-refractivity contribution < 1.29 is 14.4 Å². The maximum Gasteiger partial charge on any atom is 0.317 e. The summed E-state index contributed by atoms with van der Waals surface area (Å²) in [6.45, 7) is 2.81. The normalized spacial score (nSPS) is 10.5. The highest BCUT2D eigenvalue weighted by molar-refractivity contribution is 6.05. The minimum atomic E-state index is -0.638. The lowest BCUT2D eigenvalue weighted by molar-refractivity contribution is -0.121. The highest BCUT2D eigenvalue weighted by Crippen LogP contribution is 2.13. The van der Waals surface area contributed by atoms with Crippen molar-refractivity contribution in [3.05, 3.63) is 76.2 Å². The molecule has 0 unspecified atom stereocenters. The number of hydrogen-bond donors (Lipinski definition) is 3. The van der Waals surface area contributed by atoms with Gasteiger partial charge in [0.2, 0.25) is 5.91 Å². The first-order chi connectivity index (χ1) is 16.4. The van der Waals surface area contributed by atoms with Gasteiger partial charge in [0.05, 0.1) is 5.39 Å². The summed E-state index contributed by atoms with van der Waals surface area (Å²) in [7, 11) is 1.66. The number of amides is 4. The summed E-state index contributed by atoms with van der Waals surface area (Å²) in [6, 6.07) is 15.9. The smallest absolute Gasteiger partial charge is 0.317 e. The third-order valence-corrected chi connectivity index (χ3v) is 5.07. The maximum absolute atomic E-state index is 12.7. The molecule has 3 aromatic rings. The summed E-state index contributed by atoms with van der Waals surface area (Å²) in [5.74, 6) is -1.12. The van der Waals surface area contributed by atoms with E-state index in [0.717, 1.165) is 5.56 Å². The predicted molar refractivity (Wildman–Crippen MR) is 128 cm³/mol. The van der Waals surface area contributed by atoms with Gasteiger partial charge in [-0.15, -0.1) is 0 Å². The summed E-state index contributed by atoms with van der Waals surface area (Å²) in [6.07, 6.45) is 0.643. The second-order valence-corrected chi connectivity index (χ2v) is 7.75. The Bertz CT molecular complexity index is 1230. The average molecular weight is 465 g/mol. The zero-order valence-electron chi connectivity index (χ0n) is 19.2. The highest BCUT2D eigenvalue weighted by atomic mass is 16.2. The number of aryl methyl sites for hydroxylation is 1. The molecule has 0 aliphatic heterocycles. The van der Waals surface area contributed by atoms with E-state index in [1.165, 1.54) is 9.58 Å². The number of urea groups is 1. The highest BCUT2D eigenvalue weighted by Gasteiger charge is 2.17. The van der Waals surface area contributed by atoms with E-state index < -0.39 is 11.8 Å². The van der Waals surface area contributed by atoms with Gasteiger partial charge in [-0.2, -0.15) is 5.10 Å². The van der Waals surface area contributed by atoms with E-state index in [4.69, 9.17) is 0 Å². The van der Waals surface area contributed by atoms with Crippen molar-refractivity contribution in [3.63, 3.8) is 0 Å². The molecule has 3 N–H and O–H groups in total. The summed E-state index contributed by atoms with van der Waals surface area (Å²) in [5.41, 5.74) is 5.42. The number of nitrogens with zero attached hydrogens (tertiary/aromatic N) is 3. The standard InChI is InChI=1S/C24H28N6O4/c1-3-15-30-23(33)19-12-8-7-11-18(19)21(28-30)22(32)27-26-20(31)13-14-25-24(34)29(2)16-17-9-5-4-6-10-17/h4-12H,3,13-16H2,1-2H3,(H,25,34)(H,26,31)(H,27,32). The molecule has 0 radical (unpaired) electrons. The van der Waals surface area contributed by atoms with Gasteiger partial charge in [-0.05, 0) is 18.1 Å². The van der Waals surface area contributed by atoms with Crippen LogP contribution in [0.3, 0.4) is 0 Å². The van der Waals surface area contributed by atoms with E-state index in [-0.39, 0.29) is 30.2 Å². The average Bonchev–Trinajstić information content (AvgIpc) is 2.85. The number of benzene rings is 2. The van der Waals surface area contributed by atoms with Crippen LogP contribution in [0.4, 0.5) is 4.79 Å². The molecule has 10 nitrogen and oxygen atoms in total. The molecule has 0 spiro atoms. The Hall–Kier alpha value is -4.21. The Balaban J connectivity index is 1.52. The first kappa shape index (κ1) is 24.4. The number of hydrazine groups is 1. The monoisotopic (exact) mass is 464 g/mol. The second kappa shape index (κ2) is 11.6. The molecule has 10 heteroatoms. The van der Waals surface area contributed by atoms with Crippen LogP contribution in [0.25, 0.3) is 10.8 Å². The Morgan fingerprint density at radius 2 is 1.65 bits per heavy atom. The molecule has 178 valence electrons. The molecule has 0 saturated heterocycles. The zero-order valence-corrected chi connectivity index (χ0v) is 19.2. The summed E-state index contributed by atoms with van der Waals surface area (Å²) in [4.78, 5) is 51.1. The van der Waals surface area contributed by atoms with Crippen LogP contribution in [0.2, 0.25) is 0 Å². The summed E-state index contributed by atoms with van der Waals surface area (Å²) >= 11 is 0. The van der Waals surface area contributed by atoms with Crippen molar-refractivity contribution in [3.8, 4) is 0 Å². The molecule has 0 saturated carbocycles. The minimum absolute atomic E-state index is 0.0330. The third kappa shape index (κ3) is 6.18. The second-order valence-electron chi connectivity index (χ2n) is 7.75. The van der Waals surface area contributed by atoms with Gasteiger partial charge in [0, 0.05) is 38.5 Å². The van der Waals surface area contributed by atoms with E-state index in [1.807, 2.05) is 37.3 Å². The van der Waals surface area contributed by atoms with Crippen molar-refractivity contribution in [2.45, 2.75) is 32.9 Å². The van der Waals surface area contributed by atoms with Gasteiger partial charge >= 0.3 is 6.03 Å². The third-order valence-electron chi connectivity index (χ3n) is 5.07. The lowest BCUT2D eigenvalue weighted by atomic mass is 10.1. The Morgan fingerprint density at radius 3 is 2.35 bits per heavy atom. The van der Waals surface area contributed by atoms with E-state index in [2.05, 4.69) is 21.3 Å². The zero-order chi connectivity index (χ0) is 24.5. The fraction of sp³-hybridized carbons (Fsp3) is 0.292. The van der Waals surface area contributed by atoms with Crippen molar-refractivity contribution in [2.24, 2.45) is 0 Å². The number of fused-ring (bicyclic) bond motifs is 1. The van der Waals surface area contributed by atoms with Crippen LogP contribution in [-0.4, -0.2) is 46.1 Å². The first-order valence-electron chi connectivity index (χ1n) is 11.0. The van der Waals surface area contributed by atoms with E-state index in [0.29, 0.717) is 30.3 Å². The number of rotatable bonds is 8. The van der Waals surface area contributed by atoms with Gasteiger partial charge in [0.1, 0.15) is 0 Å². The van der Waals surface area contributed by atoms with E-state index in [1.54, 1.807) is 31.3 Å². The largest absolute Gasteiger partial charge is 0.337 e. The molecule has 0 fully saturated rings. The molecule has 2 aromatic carbocycles. The first-order valence-corrected chi connectivity index (χ1v) is 11.0. The van der Waals surface area contributed by atoms with Gasteiger partial charge in [-0.3, -0.25) is 25.2 Å². The van der Waals surface area contributed by atoms with E-state index in [9.17, 15) is 19.2 Å². The molecule has 1 aromatic heterocycles. The lowest BCUT2D eigenvalue weighted by Gasteiger charge is -2.18. The Morgan fingerprint density at radius 1 is 0.971 bits per heavy atom. The van der Waals surface area contributed by atoms with Crippen LogP contribution in [0, 0.1) is 0 Å². The van der Waals surface area contributed by atoms with Gasteiger partial charge in [0.15, 0.2) is 5.69 Å². The summed E-state index contributed by atoms with van der Waals surface area (Å²) in [5, 5.41) is 7.64. The molecule has 0 aliphatic rings. The van der Waals surface area contributed by atoms with Crippen molar-refractivity contribution >= 4 is 28.6 Å². The van der Waals surface area contributed by atoms with Crippen LogP contribution in [0.1, 0.15) is 35.8 Å². The van der Waals surface area contributed by atoms with E-state index >= 15 is 0 Å². The Labute approximate surface area is 196 Å². The maximum atomic E-state index is 12.7. The van der Waals surface area contributed by atoms with Crippen LogP contribution < -0.4 is 21.7 Å². The number of hydrogen-bond acceptors (Lipinski definition) is 5. The van der Waals surface area contributed by atoms with Crippen LogP contribution in [-0.2, 0) is 17.9 Å². The number of nitrogens with one attached hydrogen (secondary N) is 3. The van der Waals surface area contributed by atoms with Crippen LogP contribution in [0.5, 0.6) is 0 Å². The van der Waals surface area contributed by atoms with Crippen molar-refractivity contribution in [1.82, 2.24) is 30.8 Å². The van der Waals surface area contributed by atoms with Crippen molar-refractivity contribution in [1.29, 1.82) is 0 Å². The number of carbonyl (C=O) groups is 3. The minimum Gasteiger partial charge on any atom is -0.337 e. The quantitative estimate of drug-likeness (QED) is 0.439. The van der Waals surface area contributed by atoms with Crippen molar-refractivity contribution in [2.75, 3.05) is 13.6 Å². The van der Waals surface area contributed by atoms with Gasteiger partial charge in [-0.25, -0.2) is 9.48 Å². The summed E-state index contributed by atoms with van der Waals surface area (Å²) < 4.78 is 1.25. The van der Waals surface area contributed by atoms with Gasteiger partial charge in [-0.1, -0.05) is 55.5 Å². The number of aromatic nitrogens is 2. The van der Waals surface area contributed by atoms with Gasteiger partial charge in [0.25, 0.3) is 11.5 Å². The SMILES string of the molecule is CCCn1nc(C(=O)NNC(=O)CCNC(=O)N(C)Cc2ccccc2)c2ccccc2c1=O. The molecule has 0 bridgehead atoms. The fourth-order valence-electron chi connectivity index (χ4n) is 3.36. The lowest BCUT2D eigenvalue weighted by Crippen LogP contribution is -2.44. The Kier molecular flexibility index (Phi) is 8.33. The van der Waals surface area contributed by atoms with Gasteiger partial charge < -0.3 is 10.2 Å². The van der Waals surface area contributed by atoms with Crippen LogP contribution >= 0.6 is 0 Å². The molecular formula is C24H28N6O4. The molecule has 1 heterocycles. The molecule has 34 heavy (non-hydrogen) atoms. The van der Waals surface area contributed by atoms with Crippen LogP contribution in [0.15, 0.2) is 59.4 Å². The molecule has 4 amide bonds. The number of carbonyl (C=O) groups excluding carboxylic acids is 3. The predicted octanol–water partition coefficient (Wildman–Crippen LogP) is 1.80. The topological polar surface area (TPSA) is 125 Å².